The van der Waals surface area contributed by atoms with Crippen LogP contribution in [0.3, 0.4) is 0 Å². The minimum Gasteiger partial charge on any atom is -0.360 e. The number of amides is 1. The fourth-order valence-electron chi connectivity index (χ4n) is 3.17. The summed E-state index contributed by atoms with van der Waals surface area (Å²) in [4.78, 5) is 12.0. The monoisotopic (exact) mass is 421 g/mol. The molecule has 0 atom stereocenters. The first-order valence-electron chi connectivity index (χ1n) is 9.24. The molecule has 0 saturated carbocycles. The Kier molecular flexibility index (Phi) is 4.84. The van der Waals surface area contributed by atoms with Gasteiger partial charge in [0.15, 0.2) is 5.69 Å². The van der Waals surface area contributed by atoms with Crippen molar-refractivity contribution in [3.63, 3.8) is 0 Å². The summed E-state index contributed by atoms with van der Waals surface area (Å²) in [5, 5.41) is 6.61. The summed E-state index contributed by atoms with van der Waals surface area (Å²) < 4.78 is 33.7. The molecule has 7 nitrogen and oxygen atoms in total. The quantitative estimate of drug-likeness (QED) is 0.633. The Morgan fingerprint density at radius 1 is 1.13 bits per heavy atom. The number of hydrogen-bond acceptors (Lipinski definition) is 5. The lowest BCUT2D eigenvalue weighted by Crippen LogP contribution is -2.15. The fraction of sp³-hybridized carbons (Fsp3) is 0.182. The van der Waals surface area contributed by atoms with Crippen LogP contribution in [-0.2, 0) is 16.6 Å². The molecule has 152 valence electrons. The molecule has 0 radical (unpaired) electrons. The molecular weight excluding hydrogens is 402 g/mol. The van der Waals surface area contributed by atoms with Crippen LogP contribution in [0.1, 0.15) is 44.1 Å². The first kappa shape index (κ1) is 19.7. The topological polar surface area (TPSA) is 101 Å². The number of benzene rings is 2. The molecule has 4 rings (SSSR count). The van der Waals surface area contributed by atoms with E-state index in [4.69, 9.17) is 4.52 Å². The van der Waals surface area contributed by atoms with Crippen LogP contribution in [0.4, 0.5) is 5.69 Å². The van der Waals surface area contributed by atoms with Gasteiger partial charge in [0.25, 0.3) is 15.9 Å². The van der Waals surface area contributed by atoms with Gasteiger partial charge >= 0.3 is 0 Å². The van der Waals surface area contributed by atoms with Gasteiger partial charge in [-0.05, 0) is 62.6 Å². The van der Waals surface area contributed by atoms with Gasteiger partial charge in [0.2, 0.25) is 0 Å². The van der Waals surface area contributed by atoms with Crippen molar-refractivity contribution < 1.29 is 17.7 Å². The van der Waals surface area contributed by atoms with Crippen molar-refractivity contribution in [1.29, 1.82) is 0 Å². The van der Waals surface area contributed by atoms with Gasteiger partial charge in [-0.2, -0.15) is 0 Å². The summed E-state index contributed by atoms with van der Waals surface area (Å²) in [6, 6.07) is 9.82. The van der Waals surface area contributed by atoms with E-state index in [1.165, 1.54) is 12.1 Å². The SMILES string of the molecule is Cc1cc(NS(=O)(=O)c2cccc(C#Cc3noc(C)c3C)c2)c2c(c1)C(=O)NC2. The number of nitrogens with zero attached hydrogens (tertiary/aromatic N) is 1. The van der Waals surface area contributed by atoms with Crippen LogP contribution < -0.4 is 10.0 Å². The van der Waals surface area contributed by atoms with Crippen LogP contribution in [0.2, 0.25) is 0 Å². The van der Waals surface area contributed by atoms with E-state index >= 15 is 0 Å². The van der Waals surface area contributed by atoms with Crippen molar-refractivity contribution in [1.82, 2.24) is 10.5 Å². The number of aryl methyl sites for hydroxylation is 2. The number of anilines is 1. The van der Waals surface area contributed by atoms with Crippen molar-refractivity contribution in [2.45, 2.75) is 32.2 Å². The molecule has 0 aliphatic carbocycles. The zero-order valence-corrected chi connectivity index (χ0v) is 17.5. The summed E-state index contributed by atoms with van der Waals surface area (Å²) >= 11 is 0. The number of carbonyl (C=O) groups is 1. The predicted octanol–water partition coefficient (Wildman–Crippen LogP) is 3.04. The van der Waals surface area contributed by atoms with Gasteiger partial charge in [0.1, 0.15) is 5.76 Å². The lowest BCUT2D eigenvalue weighted by atomic mass is 10.0. The van der Waals surface area contributed by atoms with Gasteiger partial charge in [-0.15, -0.1) is 0 Å². The molecule has 1 amide bonds. The van der Waals surface area contributed by atoms with Crippen LogP contribution in [0.25, 0.3) is 0 Å². The van der Waals surface area contributed by atoms with Crippen LogP contribution >= 0.6 is 0 Å². The van der Waals surface area contributed by atoms with Crippen LogP contribution in [0, 0.1) is 32.6 Å². The van der Waals surface area contributed by atoms with Crippen LogP contribution in [0.5, 0.6) is 0 Å². The average molecular weight is 421 g/mol. The van der Waals surface area contributed by atoms with E-state index in [2.05, 4.69) is 27.0 Å². The fourth-order valence-corrected chi connectivity index (χ4v) is 4.30. The smallest absolute Gasteiger partial charge is 0.261 e. The number of fused-ring (bicyclic) bond motifs is 1. The van der Waals surface area contributed by atoms with E-state index in [1.54, 1.807) is 31.2 Å². The predicted molar refractivity (Wildman–Crippen MR) is 112 cm³/mol. The van der Waals surface area contributed by atoms with Crippen molar-refractivity contribution >= 4 is 21.6 Å². The van der Waals surface area contributed by atoms with Gasteiger partial charge in [-0.3, -0.25) is 9.52 Å². The van der Waals surface area contributed by atoms with Crippen molar-refractivity contribution in [3.8, 4) is 11.8 Å². The highest BCUT2D eigenvalue weighted by Gasteiger charge is 2.25. The third-order valence-corrected chi connectivity index (χ3v) is 6.30. The molecule has 0 fully saturated rings. The molecule has 0 bridgehead atoms. The van der Waals surface area contributed by atoms with Crippen LogP contribution in [0.15, 0.2) is 45.8 Å². The standard InChI is InChI=1S/C22H19N3O4S/c1-13-9-18-19(12-23-22(18)26)21(10-13)25-30(27,28)17-6-4-5-16(11-17)7-8-20-14(2)15(3)29-24-20/h4-6,9-11,25H,12H2,1-3H3,(H,23,26). The molecule has 30 heavy (non-hydrogen) atoms. The van der Waals surface area contributed by atoms with Crippen molar-refractivity contribution in [2.24, 2.45) is 0 Å². The van der Waals surface area contributed by atoms with Gasteiger partial charge in [0, 0.05) is 28.8 Å². The van der Waals surface area contributed by atoms with Gasteiger partial charge in [-0.25, -0.2) is 8.42 Å². The second kappa shape index (κ2) is 7.35. The maximum absolute atomic E-state index is 13.0. The third-order valence-electron chi connectivity index (χ3n) is 4.94. The van der Waals surface area contributed by atoms with E-state index in [0.29, 0.717) is 33.8 Å². The van der Waals surface area contributed by atoms with Crippen LogP contribution in [-0.4, -0.2) is 19.5 Å². The highest BCUT2D eigenvalue weighted by Crippen LogP contribution is 2.28. The molecular formula is C22H19N3O4S. The maximum atomic E-state index is 13.0. The zero-order chi connectivity index (χ0) is 21.5. The molecule has 2 aromatic carbocycles. The summed E-state index contributed by atoms with van der Waals surface area (Å²) in [7, 11) is -3.87. The van der Waals surface area contributed by atoms with E-state index in [1.807, 2.05) is 13.8 Å². The first-order chi connectivity index (χ1) is 14.2. The number of aromatic nitrogens is 1. The summed E-state index contributed by atoms with van der Waals surface area (Å²) in [6.07, 6.45) is 0. The normalized spacial score (nSPS) is 12.7. The summed E-state index contributed by atoms with van der Waals surface area (Å²) in [5.41, 5.74) is 4.22. The highest BCUT2D eigenvalue weighted by molar-refractivity contribution is 7.92. The molecule has 2 N–H and O–H groups in total. The first-order valence-corrected chi connectivity index (χ1v) is 10.7. The number of carbonyl (C=O) groups excluding carboxylic acids is 1. The molecule has 3 aromatic rings. The summed E-state index contributed by atoms with van der Waals surface area (Å²) in [5.74, 6) is 6.33. The maximum Gasteiger partial charge on any atom is 0.261 e. The second-order valence-electron chi connectivity index (χ2n) is 7.12. The highest BCUT2D eigenvalue weighted by atomic mass is 32.2. The van der Waals surface area contributed by atoms with Crippen molar-refractivity contribution in [2.75, 3.05) is 4.72 Å². The van der Waals surface area contributed by atoms with E-state index < -0.39 is 10.0 Å². The van der Waals surface area contributed by atoms with E-state index in [9.17, 15) is 13.2 Å². The average Bonchev–Trinajstić information content (AvgIpc) is 3.23. The Labute approximate surface area is 174 Å². The molecule has 0 unspecified atom stereocenters. The Morgan fingerprint density at radius 3 is 2.67 bits per heavy atom. The van der Waals surface area contributed by atoms with E-state index in [0.717, 1.165) is 11.1 Å². The second-order valence-corrected chi connectivity index (χ2v) is 8.80. The Morgan fingerprint density at radius 2 is 1.93 bits per heavy atom. The zero-order valence-electron chi connectivity index (χ0n) is 16.7. The molecule has 1 aliphatic rings. The van der Waals surface area contributed by atoms with Gasteiger partial charge in [-0.1, -0.05) is 17.1 Å². The molecule has 8 heteroatoms. The Hall–Kier alpha value is -3.57. The molecule has 1 aromatic heterocycles. The van der Waals surface area contributed by atoms with Gasteiger partial charge in [0.05, 0.1) is 10.6 Å². The lowest BCUT2D eigenvalue weighted by Gasteiger charge is -2.12. The van der Waals surface area contributed by atoms with Crippen molar-refractivity contribution in [3.05, 3.63) is 75.7 Å². The van der Waals surface area contributed by atoms with Gasteiger partial charge < -0.3 is 9.84 Å². The Balaban J connectivity index is 1.65. The molecule has 0 saturated heterocycles. The lowest BCUT2D eigenvalue weighted by molar-refractivity contribution is 0.0965. The summed E-state index contributed by atoms with van der Waals surface area (Å²) in [6.45, 7) is 5.76. The largest absolute Gasteiger partial charge is 0.360 e. The molecule has 1 aliphatic heterocycles. The molecule has 2 heterocycles. The number of hydrogen-bond donors (Lipinski definition) is 2. The number of sulfonamides is 1. The third kappa shape index (κ3) is 3.67. The Bertz CT molecular complexity index is 1340. The minimum absolute atomic E-state index is 0.0786. The number of rotatable bonds is 3. The molecule has 0 spiro atoms. The minimum atomic E-state index is -3.87. The van der Waals surface area contributed by atoms with E-state index in [-0.39, 0.29) is 17.3 Å². The number of nitrogens with one attached hydrogen (secondary N) is 2.